The summed E-state index contributed by atoms with van der Waals surface area (Å²) in [6, 6.07) is 33.4. The van der Waals surface area contributed by atoms with E-state index in [-0.39, 0.29) is 40.3 Å². The van der Waals surface area contributed by atoms with E-state index in [0.717, 1.165) is 0 Å². The number of carbonyl (C=O) groups excluding carboxylic acids is 4. The number of nitrogens with one attached hydrogen (secondary N) is 1. The molecule has 2 aromatic heterocycles. The Morgan fingerprint density at radius 2 is 1.10 bits per heavy atom. The van der Waals surface area contributed by atoms with E-state index >= 15 is 0 Å². The molecule has 3 heterocycles. The van der Waals surface area contributed by atoms with Gasteiger partial charge in [-0.1, -0.05) is 72.8 Å². The molecule has 6 aromatic rings. The monoisotopic (exact) mass is 683 g/mol. The van der Waals surface area contributed by atoms with Crippen molar-refractivity contribution in [3.63, 3.8) is 0 Å². The molecule has 1 N–H and O–H groups in total. The van der Waals surface area contributed by atoms with Crippen molar-refractivity contribution in [3.8, 4) is 0 Å². The van der Waals surface area contributed by atoms with Crippen LogP contribution in [0.25, 0.3) is 11.2 Å². The van der Waals surface area contributed by atoms with Crippen LogP contribution < -0.4 is 5.32 Å². The van der Waals surface area contributed by atoms with Crippen LogP contribution in [0.2, 0.25) is 0 Å². The molecule has 0 spiro atoms. The maximum Gasteiger partial charge on any atom is 0.338 e. The summed E-state index contributed by atoms with van der Waals surface area (Å²) < 4.78 is 25.8. The minimum atomic E-state index is -1.40. The number of carbonyl (C=O) groups is 4. The van der Waals surface area contributed by atoms with E-state index in [9.17, 15) is 19.2 Å². The van der Waals surface area contributed by atoms with Crippen LogP contribution in [0.5, 0.6) is 0 Å². The predicted molar refractivity (Wildman–Crippen MR) is 182 cm³/mol. The van der Waals surface area contributed by atoms with Crippen LogP contribution >= 0.6 is 0 Å². The topological polar surface area (TPSA) is 161 Å². The molecule has 1 amide bonds. The van der Waals surface area contributed by atoms with Crippen LogP contribution in [-0.2, 0) is 18.9 Å². The van der Waals surface area contributed by atoms with Crippen molar-refractivity contribution in [3.05, 3.63) is 156 Å². The number of ether oxygens (including phenoxy) is 4. The lowest BCUT2D eigenvalue weighted by molar-refractivity contribution is -0.211. The second kappa shape index (κ2) is 14.8. The van der Waals surface area contributed by atoms with E-state index in [1.165, 1.54) is 17.2 Å². The Hall–Kier alpha value is -6.73. The average Bonchev–Trinajstić information content (AvgIpc) is 3.62. The molecule has 1 aliphatic rings. The molecule has 4 aromatic carbocycles. The standard InChI is InChI=1S/C38H29N5O8/c44-34(24-13-5-1-6-14-24)42-32-29-33(40-22-39-32)43(23-41-29)35-31(51-38(47)27-19-11-4-12-20-27)30(50-37(46)26-17-9-3-10-18-26)28(21-48-35)49-36(45)25-15-7-2-8-16-25/h1-20,22-23,28,30-31,35H,21H2,(H,39,40,42,44)/t28-,30-,31-,35-/m1/s1. The number of imidazole rings is 1. The zero-order valence-corrected chi connectivity index (χ0v) is 26.8. The third-order valence-corrected chi connectivity index (χ3v) is 8.08. The Kier molecular flexibility index (Phi) is 9.52. The fourth-order valence-corrected chi connectivity index (χ4v) is 5.58. The Labute approximate surface area is 290 Å². The zero-order chi connectivity index (χ0) is 35.2. The lowest BCUT2D eigenvalue weighted by Crippen LogP contribution is -2.55. The second-order valence-corrected chi connectivity index (χ2v) is 11.4. The number of rotatable bonds is 9. The van der Waals surface area contributed by atoms with Gasteiger partial charge in [-0.25, -0.2) is 29.3 Å². The SMILES string of the molecule is O=C(Nc1ncnc2c1ncn2[C@@H]1OC[C@@H](OC(=O)c2ccccc2)[C@@H](OC(=O)c2ccccc2)[C@H]1OC(=O)c1ccccc1)c1ccccc1. The third-order valence-electron chi connectivity index (χ3n) is 8.08. The van der Waals surface area contributed by atoms with Gasteiger partial charge in [0.2, 0.25) is 0 Å². The number of benzene rings is 4. The molecule has 1 saturated heterocycles. The fourth-order valence-electron chi connectivity index (χ4n) is 5.58. The maximum absolute atomic E-state index is 13.6. The first-order chi connectivity index (χ1) is 25.0. The van der Waals surface area contributed by atoms with Crippen molar-refractivity contribution in [1.82, 2.24) is 19.5 Å². The molecule has 254 valence electrons. The summed E-state index contributed by atoms with van der Waals surface area (Å²) >= 11 is 0. The van der Waals surface area contributed by atoms with Gasteiger partial charge in [0.05, 0.1) is 29.6 Å². The first-order valence-corrected chi connectivity index (χ1v) is 15.9. The summed E-state index contributed by atoms with van der Waals surface area (Å²) in [4.78, 5) is 66.5. The quantitative estimate of drug-likeness (QED) is 0.156. The van der Waals surface area contributed by atoms with E-state index in [1.807, 2.05) is 0 Å². The molecule has 0 saturated carbocycles. The minimum Gasteiger partial charge on any atom is -0.452 e. The van der Waals surface area contributed by atoms with E-state index in [2.05, 4.69) is 20.3 Å². The van der Waals surface area contributed by atoms with Gasteiger partial charge in [-0.15, -0.1) is 0 Å². The summed E-state index contributed by atoms with van der Waals surface area (Å²) in [7, 11) is 0. The number of esters is 3. The molecule has 0 bridgehead atoms. The summed E-state index contributed by atoms with van der Waals surface area (Å²) in [5.41, 5.74) is 1.54. The van der Waals surface area contributed by atoms with Crippen molar-refractivity contribution in [1.29, 1.82) is 0 Å². The Morgan fingerprint density at radius 1 is 0.608 bits per heavy atom. The number of amides is 1. The number of hydrogen-bond acceptors (Lipinski definition) is 11. The van der Waals surface area contributed by atoms with Crippen LogP contribution in [0.3, 0.4) is 0 Å². The molecule has 1 aliphatic heterocycles. The molecule has 13 nitrogen and oxygen atoms in total. The van der Waals surface area contributed by atoms with Crippen molar-refractivity contribution >= 4 is 40.8 Å². The van der Waals surface area contributed by atoms with Gasteiger partial charge in [-0.3, -0.25) is 9.36 Å². The van der Waals surface area contributed by atoms with E-state index < -0.39 is 48.4 Å². The summed E-state index contributed by atoms with van der Waals surface area (Å²) in [6.07, 6.45) is -2.55. The van der Waals surface area contributed by atoms with Crippen molar-refractivity contribution < 1.29 is 38.1 Å². The lowest BCUT2D eigenvalue weighted by atomic mass is 10.0. The number of aromatic nitrogens is 4. The first-order valence-electron chi connectivity index (χ1n) is 15.9. The van der Waals surface area contributed by atoms with Gasteiger partial charge in [0.1, 0.15) is 6.33 Å². The molecule has 0 radical (unpaired) electrons. The van der Waals surface area contributed by atoms with Gasteiger partial charge in [-0.2, -0.15) is 0 Å². The molecule has 0 aliphatic carbocycles. The van der Waals surface area contributed by atoms with E-state index in [4.69, 9.17) is 18.9 Å². The zero-order valence-electron chi connectivity index (χ0n) is 26.8. The van der Waals surface area contributed by atoms with Gasteiger partial charge in [0.25, 0.3) is 5.91 Å². The van der Waals surface area contributed by atoms with Gasteiger partial charge in [0, 0.05) is 5.56 Å². The van der Waals surface area contributed by atoms with Crippen LogP contribution in [0.1, 0.15) is 47.7 Å². The number of fused-ring (bicyclic) bond motifs is 1. The molecular weight excluding hydrogens is 654 g/mol. The largest absolute Gasteiger partial charge is 0.452 e. The lowest BCUT2D eigenvalue weighted by Gasteiger charge is -2.41. The van der Waals surface area contributed by atoms with Crippen molar-refractivity contribution in [2.45, 2.75) is 24.5 Å². The first kappa shape index (κ1) is 32.8. The highest BCUT2D eigenvalue weighted by Gasteiger charge is 2.49. The van der Waals surface area contributed by atoms with Crippen LogP contribution in [0.15, 0.2) is 134 Å². The highest BCUT2D eigenvalue weighted by atomic mass is 16.6. The molecule has 0 unspecified atom stereocenters. The highest BCUT2D eigenvalue weighted by Crippen LogP contribution is 2.34. The molecule has 7 rings (SSSR count). The highest BCUT2D eigenvalue weighted by molar-refractivity contribution is 6.06. The number of anilines is 1. The molecular formula is C38H29N5O8. The fraction of sp³-hybridized carbons (Fsp3) is 0.132. The smallest absolute Gasteiger partial charge is 0.338 e. The van der Waals surface area contributed by atoms with Crippen molar-refractivity contribution in [2.24, 2.45) is 0 Å². The number of nitrogens with zero attached hydrogens (tertiary/aromatic N) is 4. The second-order valence-electron chi connectivity index (χ2n) is 11.4. The minimum absolute atomic E-state index is 0.128. The van der Waals surface area contributed by atoms with Gasteiger partial charge in [0.15, 0.2) is 41.5 Å². The number of hydrogen-bond donors (Lipinski definition) is 1. The predicted octanol–water partition coefficient (Wildman–Crippen LogP) is 5.28. The average molecular weight is 684 g/mol. The van der Waals surface area contributed by atoms with Gasteiger partial charge in [-0.05, 0) is 48.5 Å². The van der Waals surface area contributed by atoms with Gasteiger partial charge < -0.3 is 24.3 Å². The van der Waals surface area contributed by atoms with Crippen LogP contribution in [0.4, 0.5) is 5.82 Å². The van der Waals surface area contributed by atoms with Gasteiger partial charge >= 0.3 is 17.9 Å². The molecule has 51 heavy (non-hydrogen) atoms. The summed E-state index contributed by atoms with van der Waals surface area (Å²) in [5, 5.41) is 2.76. The van der Waals surface area contributed by atoms with Crippen molar-refractivity contribution in [2.75, 3.05) is 11.9 Å². The summed E-state index contributed by atoms with van der Waals surface area (Å²) in [5.74, 6) is -2.48. The Morgan fingerprint density at radius 3 is 1.65 bits per heavy atom. The molecule has 4 atom stereocenters. The molecule has 1 fully saturated rings. The van der Waals surface area contributed by atoms with Crippen LogP contribution in [0, 0.1) is 0 Å². The van der Waals surface area contributed by atoms with Crippen LogP contribution in [-0.4, -0.2) is 68.3 Å². The third kappa shape index (κ3) is 7.19. The Bertz CT molecular complexity index is 2160. The summed E-state index contributed by atoms with van der Waals surface area (Å²) in [6.45, 7) is -0.266. The van der Waals surface area contributed by atoms with E-state index in [1.54, 1.807) is 121 Å². The molecule has 13 heteroatoms. The van der Waals surface area contributed by atoms with E-state index in [0.29, 0.717) is 5.56 Å². The maximum atomic E-state index is 13.6. The Balaban J connectivity index is 1.27. The normalized spacial score (nSPS) is 18.4.